The van der Waals surface area contributed by atoms with Gasteiger partial charge in [0.25, 0.3) is 0 Å². The normalized spacial score (nSPS) is 23.1. The van der Waals surface area contributed by atoms with Crippen LogP contribution in [0.4, 0.5) is 4.39 Å². The molecular formula is C27H33FO4. The minimum Gasteiger partial charge on any atom is -0.466 e. The van der Waals surface area contributed by atoms with Crippen LogP contribution in [0.1, 0.15) is 51.2 Å². The maximum absolute atomic E-state index is 15.9. The maximum Gasteiger partial charge on any atom is 0.356 e. The van der Waals surface area contributed by atoms with Crippen molar-refractivity contribution in [1.82, 2.24) is 0 Å². The van der Waals surface area contributed by atoms with Crippen LogP contribution >= 0.6 is 0 Å². The summed E-state index contributed by atoms with van der Waals surface area (Å²) < 4.78 is 26.4. The maximum atomic E-state index is 15.9. The molecule has 1 saturated carbocycles. The van der Waals surface area contributed by atoms with Crippen molar-refractivity contribution in [2.45, 2.75) is 63.6 Å². The van der Waals surface area contributed by atoms with E-state index in [0.717, 1.165) is 25.5 Å². The van der Waals surface area contributed by atoms with Crippen LogP contribution in [0.15, 0.2) is 60.7 Å². The predicted octanol–water partition coefficient (Wildman–Crippen LogP) is 5.44. The lowest BCUT2D eigenvalue weighted by molar-refractivity contribution is -0.181. The first kappa shape index (κ1) is 24.0. The summed E-state index contributed by atoms with van der Waals surface area (Å²) in [7, 11) is 1.08. The lowest BCUT2D eigenvalue weighted by Crippen LogP contribution is -2.51. The molecular weight excluding hydrogens is 407 g/mol. The number of esters is 2. The molecule has 0 unspecified atom stereocenters. The van der Waals surface area contributed by atoms with Crippen LogP contribution in [-0.4, -0.2) is 30.8 Å². The molecule has 4 atom stereocenters. The van der Waals surface area contributed by atoms with Crippen LogP contribution < -0.4 is 0 Å². The number of methoxy groups -OCH3 is 1. The molecule has 172 valence electrons. The monoisotopic (exact) mass is 440 g/mol. The Labute approximate surface area is 190 Å². The first-order valence-corrected chi connectivity index (χ1v) is 11.3. The Hall–Kier alpha value is -2.69. The largest absolute Gasteiger partial charge is 0.466 e. The van der Waals surface area contributed by atoms with Gasteiger partial charge in [-0.1, -0.05) is 87.9 Å². The minimum absolute atomic E-state index is 0.00340. The Bertz CT molecular complexity index is 912. The molecule has 0 bridgehead atoms. The molecule has 5 heteroatoms. The van der Waals surface area contributed by atoms with E-state index in [1.807, 2.05) is 18.2 Å². The highest BCUT2D eigenvalue weighted by Gasteiger charge is 2.52. The molecule has 0 spiro atoms. The molecule has 1 aliphatic carbocycles. The highest BCUT2D eigenvalue weighted by Crippen LogP contribution is 2.44. The molecule has 0 aromatic heterocycles. The third-order valence-corrected chi connectivity index (χ3v) is 6.88. The number of alkyl halides is 1. The highest BCUT2D eigenvalue weighted by atomic mass is 19.1. The Morgan fingerprint density at radius 1 is 0.969 bits per heavy atom. The molecule has 2 aromatic rings. The van der Waals surface area contributed by atoms with Gasteiger partial charge in [0, 0.05) is 12.3 Å². The van der Waals surface area contributed by atoms with Crippen molar-refractivity contribution < 1.29 is 23.5 Å². The zero-order chi connectivity index (χ0) is 23.4. The van der Waals surface area contributed by atoms with Crippen molar-refractivity contribution in [2.24, 2.45) is 11.8 Å². The van der Waals surface area contributed by atoms with Crippen molar-refractivity contribution >= 4 is 11.9 Å². The van der Waals surface area contributed by atoms with Gasteiger partial charge >= 0.3 is 17.6 Å². The number of carbonyl (C=O) groups excluding carboxylic acids is 2. The molecule has 0 heterocycles. The fourth-order valence-electron chi connectivity index (χ4n) is 4.86. The molecule has 0 saturated heterocycles. The Morgan fingerprint density at radius 2 is 1.56 bits per heavy atom. The van der Waals surface area contributed by atoms with Gasteiger partial charge in [-0.3, -0.25) is 0 Å². The molecule has 1 fully saturated rings. The highest BCUT2D eigenvalue weighted by molar-refractivity contribution is 6.03. The van der Waals surface area contributed by atoms with Crippen LogP contribution in [0.25, 0.3) is 0 Å². The van der Waals surface area contributed by atoms with Crippen LogP contribution in [0.3, 0.4) is 0 Å². The number of ether oxygens (including phenoxy) is 2. The lowest BCUT2D eigenvalue weighted by atomic mass is 9.64. The summed E-state index contributed by atoms with van der Waals surface area (Å²) in [6.45, 7) is 6.38. The standard InChI is InChI=1S/C27H33FO4/c1-19-15-16-22(26(2,3)21-13-9-6-10-14-21)23(17-19)32-25(30)27(28,24(29)31-4)18-20-11-7-5-8-12-20/h5-14,19,22-23H,15-18H2,1-4H3/t19-,22-,23-,27+/m1/s1. The molecule has 1 aliphatic rings. The molecule has 2 aromatic carbocycles. The van der Waals surface area contributed by atoms with Crippen LogP contribution in [0.2, 0.25) is 0 Å². The summed E-state index contributed by atoms with van der Waals surface area (Å²) in [4.78, 5) is 25.5. The van der Waals surface area contributed by atoms with Crippen LogP contribution in [-0.2, 0) is 30.9 Å². The van der Waals surface area contributed by atoms with E-state index in [1.54, 1.807) is 30.3 Å². The predicted molar refractivity (Wildman–Crippen MR) is 122 cm³/mol. The summed E-state index contributed by atoms with van der Waals surface area (Å²) in [5, 5.41) is 0. The van der Waals surface area contributed by atoms with E-state index in [4.69, 9.17) is 4.74 Å². The molecule has 4 nitrogen and oxygen atoms in total. The van der Waals surface area contributed by atoms with Gasteiger partial charge in [0.1, 0.15) is 6.10 Å². The van der Waals surface area contributed by atoms with E-state index >= 15 is 4.39 Å². The summed E-state index contributed by atoms with van der Waals surface area (Å²) >= 11 is 0. The molecule has 3 rings (SSSR count). The lowest BCUT2D eigenvalue weighted by Gasteiger charge is -2.44. The zero-order valence-corrected chi connectivity index (χ0v) is 19.3. The van der Waals surface area contributed by atoms with Crippen molar-refractivity contribution in [3.05, 3.63) is 71.8 Å². The van der Waals surface area contributed by atoms with Gasteiger partial charge in [0.05, 0.1) is 7.11 Å². The number of hydrogen-bond acceptors (Lipinski definition) is 4. The molecule has 0 aliphatic heterocycles. The first-order valence-electron chi connectivity index (χ1n) is 11.3. The summed E-state index contributed by atoms with van der Waals surface area (Å²) in [6, 6.07) is 18.7. The van der Waals surface area contributed by atoms with Crippen molar-refractivity contribution in [3.63, 3.8) is 0 Å². The molecule has 0 amide bonds. The second-order valence-corrected chi connectivity index (χ2v) is 9.51. The van der Waals surface area contributed by atoms with Gasteiger partial charge in [-0.2, -0.15) is 0 Å². The van der Waals surface area contributed by atoms with Gasteiger partial charge in [-0.05, 0) is 35.3 Å². The third-order valence-electron chi connectivity index (χ3n) is 6.88. The molecule has 0 radical (unpaired) electrons. The van der Waals surface area contributed by atoms with Gasteiger partial charge < -0.3 is 9.47 Å². The van der Waals surface area contributed by atoms with E-state index in [-0.39, 0.29) is 11.3 Å². The van der Waals surface area contributed by atoms with Crippen molar-refractivity contribution in [2.75, 3.05) is 7.11 Å². The second-order valence-electron chi connectivity index (χ2n) is 9.51. The molecule has 32 heavy (non-hydrogen) atoms. The average molecular weight is 441 g/mol. The number of rotatable bonds is 7. The Balaban J connectivity index is 1.87. The van der Waals surface area contributed by atoms with E-state index in [1.165, 1.54) is 0 Å². The third kappa shape index (κ3) is 5.03. The van der Waals surface area contributed by atoms with Gasteiger partial charge in [0.15, 0.2) is 0 Å². The zero-order valence-electron chi connectivity index (χ0n) is 19.3. The van der Waals surface area contributed by atoms with Crippen molar-refractivity contribution in [1.29, 1.82) is 0 Å². The Morgan fingerprint density at radius 3 is 2.16 bits per heavy atom. The van der Waals surface area contributed by atoms with Crippen LogP contribution in [0.5, 0.6) is 0 Å². The number of benzene rings is 2. The second kappa shape index (κ2) is 9.85. The van der Waals surface area contributed by atoms with Gasteiger partial charge in [-0.15, -0.1) is 0 Å². The fraction of sp³-hybridized carbons (Fsp3) is 0.481. The summed E-state index contributed by atoms with van der Waals surface area (Å²) in [5.74, 6) is -2.05. The molecule has 0 N–H and O–H groups in total. The first-order chi connectivity index (χ1) is 15.2. The number of halogens is 1. The smallest absolute Gasteiger partial charge is 0.356 e. The van der Waals surface area contributed by atoms with E-state index in [0.29, 0.717) is 17.9 Å². The van der Waals surface area contributed by atoms with E-state index in [9.17, 15) is 9.59 Å². The average Bonchev–Trinajstić information content (AvgIpc) is 2.79. The Kier molecular flexibility index (Phi) is 7.37. The van der Waals surface area contributed by atoms with Crippen LogP contribution in [0, 0.1) is 11.8 Å². The van der Waals surface area contributed by atoms with Gasteiger partial charge in [0.2, 0.25) is 0 Å². The topological polar surface area (TPSA) is 52.6 Å². The number of carbonyl (C=O) groups is 2. The summed E-state index contributed by atoms with van der Waals surface area (Å²) in [5.41, 5.74) is -1.51. The quantitative estimate of drug-likeness (QED) is 0.425. The van der Waals surface area contributed by atoms with Crippen molar-refractivity contribution in [3.8, 4) is 0 Å². The van der Waals surface area contributed by atoms with Gasteiger partial charge in [-0.25, -0.2) is 14.0 Å². The SMILES string of the molecule is COC(=O)[C@@](F)(Cc1ccccc1)C(=O)O[C@@H]1C[C@H](C)CC[C@H]1C(C)(C)c1ccccc1. The van der Waals surface area contributed by atoms with E-state index < -0.39 is 30.1 Å². The van der Waals surface area contributed by atoms with E-state index in [2.05, 4.69) is 37.6 Å². The fourth-order valence-corrected chi connectivity index (χ4v) is 4.86. The summed E-state index contributed by atoms with van der Waals surface area (Å²) in [6.07, 6.45) is 1.59. The minimum atomic E-state index is -2.89. The number of hydrogen-bond donors (Lipinski definition) is 0.